The summed E-state index contributed by atoms with van der Waals surface area (Å²) in [4.78, 5) is 27.9. The Kier molecular flexibility index (Phi) is 3.12. The van der Waals surface area contributed by atoms with Crippen LogP contribution < -0.4 is 0 Å². The van der Waals surface area contributed by atoms with Crippen molar-refractivity contribution in [1.29, 1.82) is 0 Å². The average Bonchev–Trinajstić information content (AvgIpc) is 2.79. The first kappa shape index (κ1) is 13.0. The third-order valence-corrected chi connectivity index (χ3v) is 4.22. The van der Waals surface area contributed by atoms with E-state index < -0.39 is 0 Å². The summed E-state index contributed by atoms with van der Waals surface area (Å²) in [5.41, 5.74) is 1.40. The number of hydrogen-bond acceptors (Lipinski definition) is 3. The molecule has 2 saturated heterocycles. The van der Waals surface area contributed by atoms with E-state index in [2.05, 4.69) is 0 Å². The van der Waals surface area contributed by atoms with Gasteiger partial charge in [-0.25, -0.2) is 0 Å². The summed E-state index contributed by atoms with van der Waals surface area (Å²) in [7, 11) is 0. The van der Waals surface area contributed by atoms with Gasteiger partial charge in [0.1, 0.15) is 5.75 Å². The molecule has 0 spiro atoms. The van der Waals surface area contributed by atoms with Crippen molar-refractivity contribution in [2.45, 2.75) is 25.8 Å². The van der Waals surface area contributed by atoms with Crippen LogP contribution >= 0.6 is 0 Å². The molecule has 2 aliphatic heterocycles. The second-order valence-electron chi connectivity index (χ2n) is 5.53. The number of carbonyl (C=O) groups excluding carboxylic acids is 2. The summed E-state index contributed by atoms with van der Waals surface area (Å²) in [5, 5.41) is 9.41. The van der Waals surface area contributed by atoms with Gasteiger partial charge in [0.25, 0.3) is 5.91 Å². The zero-order valence-electron chi connectivity index (χ0n) is 11.5. The van der Waals surface area contributed by atoms with E-state index in [-0.39, 0.29) is 23.6 Å². The minimum atomic E-state index is -0.0125. The van der Waals surface area contributed by atoms with Gasteiger partial charge in [0, 0.05) is 37.7 Å². The molecule has 2 heterocycles. The summed E-state index contributed by atoms with van der Waals surface area (Å²) in [6.07, 6.45) is 1.45. The van der Waals surface area contributed by atoms with Crippen LogP contribution in [0.2, 0.25) is 0 Å². The lowest BCUT2D eigenvalue weighted by Gasteiger charge is -2.37. The first-order valence-corrected chi connectivity index (χ1v) is 6.94. The first-order valence-electron chi connectivity index (χ1n) is 6.94. The molecule has 0 aromatic heterocycles. The van der Waals surface area contributed by atoms with Crippen LogP contribution in [-0.2, 0) is 4.79 Å². The topological polar surface area (TPSA) is 60.9 Å². The van der Waals surface area contributed by atoms with Crippen LogP contribution in [0.5, 0.6) is 5.75 Å². The molecule has 2 fully saturated rings. The Morgan fingerprint density at radius 1 is 1.35 bits per heavy atom. The molecule has 20 heavy (non-hydrogen) atoms. The van der Waals surface area contributed by atoms with Gasteiger partial charge in [-0.15, -0.1) is 0 Å². The number of hydrogen-bond donors (Lipinski definition) is 1. The predicted molar refractivity (Wildman–Crippen MR) is 73.5 cm³/mol. The molecular weight excluding hydrogens is 256 g/mol. The first-order chi connectivity index (χ1) is 9.56. The van der Waals surface area contributed by atoms with Gasteiger partial charge in [0.2, 0.25) is 5.91 Å². The molecule has 1 N–H and O–H groups in total. The number of phenols is 1. The molecule has 1 unspecified atom stereocenters. The quantitative estimate of drug-likeness (QED) is 0.835. The third-order valence-electron chi connectivity index (χ3n) is 4.22. The summed E-state index contributed by atoms with van der Waals surface area (Å²) in [5.74, 6) is 0.370. The van der Waals surface area contributed by atoms with E-state index in [4.69, 9.17) is 0 Å². The van der Waals surface area contributed by atoms with Crippen molar-refractivity contribution in [3.8, 4) is 5.75 Å². The van der Waals surface area contributed by atoms with Gasteiger partial charge in [0.15, 0.2) is 0 Å². The number of aromatic hydroxyl groups is 1. The van der Waals surface area contributed by atoms with Crippen molar-refractivity contribution in [2.75, 3.05) is 19.6 Å². The summed E-state index contributed by atoms with van der Waals surface area (Å²) in [6, 6.07) is 4.98. The molecule has 2 amide bonds. The van der Waals surface area contributed by atoms with Crippen LogP contribution in [-0.4, -0.2) is 52.4 Å². The van der Waals surface area contributed by atoms with Crippen LogP contribution in [0.25, 0.3) is 0 Å². The summed E-state index contributed by atoms with van der Waals surface area (Å²) >= 11 is 0. The molecule has 5 nitrogen and oxygen atoms in total. The average molecular weight is 274 g/mol. The van der Waals surface area contributed by atoms with Crippen molar-refractivity contribution in [3.63, 3.8) is 0 Å². The summed E-state index contributed by atoms with van der Waals surface area (Å²) in [6.45, 7) is 3.65. The highest BCUT2D eigenvalue weighted by Crippen LogP contribution is 2.25. The third kappa shape index (κ3) is 2.13. The monoisotopic (exact) mass is 274 g/mol. The van der Waals surface area contributed by atoms with Crippen molar-refractivity contribution < 1.29 is 14.7 Å². The van der Waals surface area contributed by atoms with Gasteiger partial charge >= 0.3 is 0 Å². The number of benzene rings is 1. The Morgan fingerprint density at radius 3 is 2.90 bits per heavy atom. The number of phenolic OH excluding ortho intramolecular Hbond substituents is 1. The fourth-order valence-corrected chi connectivity index (χ4v) is 3.11. The van der Waals surface area contributed by atoms with Crippen molar-refractivity contribution in [2.24, 2.45) is 0 Å². The highest BCUT2D eigenvalue weighted by molar-refractivity contribution is 5.96. The highest BCUT2D eigenvalue weighted by atomic mass is 16.3. The number of amides is 2. The zero-order valence-corrected chi connectivity index (χ0v) is 11.5. The molecular formula is C15H18N2O3. The number of nitrogens with zero attached hydrogens (tertiary/aromatic N) is 2. The lowest BCUT2D eigenvalue weighted by atomic mass is 10.1. The molecule has 1 atom stereocenters. The number of rotatable bonds is 1. The summed E-state index contributed by atoms with van der Waals surface area (Å²) < 4.78 is 0. The highest BCUT2D eigenvalue weighted by Gasteiger charge is 2.37. The number of piperazine rings is 1. The predicted octanol–water partition coefficient (Wildman–Crippen LogP) is 1.15. The Bertz CT molecular complexity index is 570. The van der Waals surface area contributed by atoms with Gasteiger partial charge in [-0.1, -0.05) is 0 Å². The standard InChI is InChI=1S/C15H18N2O3/c1-10-8-12(18)3-4-13(10)15(20)16-6-7-17-11(9-16)2-5-14(17)19/h3-4,8,11,18H,2,5-7,9H2,1H3. The molecule has 1 aromatic carbocycles. The molecule has 106 valence electrons. The van der Waals surface area contributed by atoms with Crippen molar-refractivity contribution in [3.05, 3.63) is 29.3 Å². The van der Waals surface area contributed by atoms with E-state index in [0.29, 0.717) is 31.6 Å². The Hall–Kier alpha value is -2.04. The van der Waals surface area contributed by atoms with Crippen LogP contribution in [0.1, 0.15) is 28.8 Å². The lowest BCUT2D eigenvalue weighted by molar-refractivity contribution is -0.130. The van der Waals surface area contributed by atoms with E-state index in [9.17, 15) is 14.7 Å². The molecule has 5 heteroatoms. The molecule has 0 saturated carbocycles. The molecule has 1 aromatic rings. The van der Waals surface area contributed by atoms with E-state index in [1.165, 1.54) is 6.07 Å². The maximum atomic E-state index is 12.5. The minimum Gasteiger partial charge on any atom is -0.508 e. The molecule has 0 bridgehead atoms. The zero-order chi connectivity index (χ0) is 14.3. The normalized spacial score (nSPS) is 22.1. The molecule has 0 radical (unpaired) electrons. The largest absolute Gasteiger partial charge is 0.508 e. The number of fused-ring (bicyclic) bond motifs is 1. The maximum absolute atomic E-state index is 12.5. The number of carbonyl (C=O) groups is 2. The Morgan fingerprint density at radius 2 is 2.15 bits per heavy atom. The van der Waals surface area contributed by atoms with Gasteiger partial charge in [-0.05, 0) is 37.1 Å². The molecule has 3 rings (SSSR count). The van der Waals surface area contributed by atoms with E-state index >= 15 is 0 Å². The van der Waals surface area contributed by atoms with Crippen molar-refractivity contribution >= 4 is 11.8 Å². The minimum absolute atomic E-state index is 0.0125. The molecule has 0 aliphatic carbocycles. The van der Waals surface area contributed by atoms with E-state index in [1.807, 2.05) is 16.7 Å². The second kappa shape index (κ2) is 4.81. The van der Waals surface area contributed by atoms with Crippen LogP contribution in [0.4, 0.5) is 0 Å². The van der Waals surface area contributed by atoms with Crippen LogP contribution in [0, 0.1) is 6.92 Å². The SMILES string of the molecule is Cc1cc(O)ccc1C(=O)N1CCN2C(=O)CCC2C1. The smallest absolute Gasteiger partial charge is 0.254 e. The van der Waals surface area contributed by atoms with Gasteiger partial charge in [-0.3, -0.25) is 9.59 Å². The fourth-order valence-electron chi connectivity index (χ4n) is 3.11. The van der Waals surface area contributed by atoms with Crippen molar-refractivity contribution in [1.82, 2.24) is 9.80 Å². The second-order valence-corrected chi connectivity index (χ2v) is 5.53. The van der Waals surface area contributed by atoms with Gasteiger partial charge in [-0.2, -0.15) is 0 Å². The Labute approximate surface area is 117 Å². The van der Waals surface area contributed by atoms with Crippen LogP contribution in [0.15, 0.2) is 18.2 Å². The van der Waals surface area contributed by atoms with E-state index in [1.54, 1.807) is 12.1 Å². The Balaban J connectivity index is 1.77. The van der Waals surface area contributed by atoms with Gasteiger partial charge < -0.3 is 14.9 Å². The fraction of sp³-hybridized carbons (Fsp3) is 0.467. The number of aryl methyl sites for hydroxylation is 1. The molecule has 2 aliphatic rings. The maximum Gasteiger partial charge on any atom is 0.254 e. The van der Waals surface area contributed by atoms with Crippen LogP contribution in [0.3, 0.4) is 0 Å². The lowest BCUT2D eigenvalue weighted by Crippen LogP contribution is -2.53. The van der Waals surface area contributed by atoms with Gasteiger partial charge in [0.05, 0.1) is 0 Å². The van der Waals surface area contributed by atoms with E-state index in [0.717, 1.165) is 12.0 Å².